The quantitative estimate of drug-likeness (QED) is 0.862. The molecule has 124 valence electrons. The number of carbonyl (C=O) groups is 1. The number of esters is 1. The van der Waals surface area contributed by atoms with Crippen LogP contribution in [-0.4, -0.2) is 29.7 Å². The van der Waals surface area contributed by atoms with E-state index in [1.165, 1.54) is 11.6 Å². The average Bonchev–Trinajstić information content (AvgIpc) is 2.81. The van der Waals surface area contributed by atoms with Crippen LogP contribution in [0.4, 0.5) is 4.39 Å². The molecule has 3 rings (SSSR count). The van der Waals surface area contributed by atoms with Gasteiger partial charge in [0.1, 0.15) is 12.4 Å². The number of aromatic nitrogens is 1. The fourth-order valence-electron chi connectivity index (χ4n) is 3.60. The summed E-state index contributed by atoms with van der Waals surface area (Å²) in [7, 11) is 0. The zero-order valence-corrected chi connectivity index (χ0v) is 13.7. The Bertz CT molecular complexity index is 723. The molecular weight excluding hydrogens is 295 g/mol. The third-order valence-electron chi connectivity index (χ3n) is 4.51. The van der Waals surface area contributed by atoms with Crippen molar-refractivity contribution >= 4 is 16.9 Å². The number of likely N-dealkylation sites (N-methyl/N-ethyl adjacent to an activating group) is 1. The van der Waals surface area contributed by atoms with Crippen molar-refractivity contribution in [3.05, 3.63) is 35.3 Å². The first-order valence-electron chi connectivity index (χ1n) is 8.32. The molecule has 0 saturated heterocycles. The third-order valence-corrected chi connectivity index (χ3v) is 4.51. The topological polar surface area (TPSA) is 43.3 Å². The fraction of sp³-hybridized carbons (Fsp3) is 0.500. The van der Waals surface area contributed by atoms with Gasteiger partial charge in [-0.05, 0) is 56.5 Å². The highest BCUT2D eigenvalue weighted by atomic mass is 19.1. The van der Waals surface area contributed by atoms with Crippen LogP contribution in [0.25, 0.3) is 10.9 Å². The molecule has 4 nitrogen and oxygen atoms in total. The van der Waals surface area contributed by atoms with Gasteiger partial charge in [-0.25, -0.2) is 4.39 Å². The Balaban J connectivity index is 2.05. The molecule has 1 heterocycles. The summed E-state index contributed by atoms with van der Waals surface area (Å²) in [6.07, 6.45) is 2.80. The molecule has 0 amide bonds. The van der Waals surface area contributed by atoms with E-state index in [4.69, 9.17) is 4.74 Å². The number of rotatable bonds is 5. The molecule has 1 aromatic heterocycles. The summed E-state index contributed by atoms with van der Waals surface area (Å²) in [4.78, 5) is 11.9. The fourth-order valence-corrected chi connectivity index (χ4v) is 3.60. The monoisotopic (exact) mass is 318 g/mol. The van der Waals surface area contributed by atoms with Crippen LogP contribution >= 0.6 is 0 Å². The molecular formula is C18H23FN2O2. The van der Waals surface area contributed by atoms with Gasteiger partial charge in [-0.3, -0.25) is 4.79 Å². The Hall–Kier alpha value is -1.88. The molecule has 23 heavy (non-hydrogen) atoms. The van der Waals surface area contributed by atoms with Gasteiger partial charge in [-0.1, -0.05) is 6.92 Å². The summed E-state index contributed by atoms with van der Waals surface area (Å²) in [5.74, 6) is -0.482. The van der Waals surface area contributed by atoms with Gasteiger partial charge in [0.25, 0.3) is 0 Å². The molecule has 0 radical (unpaired) electrons. The maximum absolute atomic E-state index is 13.7. The van der Waals surface area contributed by atoms with Crippen LogP contribution in [0.3, 0.4) is 0 Å². The van der Waals surface area contributed by atoms with Crippen LogP contribution in [0.1, 0.15) is 31.5 Å². The van der Waals surface area contributed by atoms with Crippen molar-refractivity contribution in [1.29, 1.82) is 0 Å². The highest BCUT2D eigenvalue weighted by molar-refractivity contribution is 5.87. The number of benzene rings is 1. The first-order chi connectivity index (χ1) is 11.1. The summed E-state index contributed by atoms with van der Waals surface area (Å²) < 4.78 is 20.8. The van der Waals surface area contributed by atoms with Crippen LogP contribution in [0.2, 0.25) is 0 Å². The summed E-state index contributed by atoms with van der Waals surface area (Å²) in [5, 5.41) is 4.40. The Kier molecular flexibility index (Phi) is 4.66. The lowest BCUT2D eigenvalue weighted by atomic mass is 9.91. The minimum absolute atomic E-state index is 0.192. The second-order valence-electron chi connectivity index (χ2n) is 5.98. The van der Waals surface area contributed by atoms with Gasteiger partial charge in [-0.15, -0.1) is 0 Å². The van der Waals surface area contributed by atoms with Crippen LogP contribution in [0.15, 0.2) is 18.2 Å². The van der Waals surface area contributed by atoms with E-state index in [-0.39, 0.29) is 18.3 Å². The van der Waals surface area contributed by atoms with Gasteiger partial charge in [0.2, 0.25) is 0 Å². The highest BCUT2D eigenvalue weighted by Gasteiger charge is 2.26. The molecule has 2 aromatic rings. The third kappa shape index (κ3) is 3.11. The SMILES string of the molecule is CCN[C@H]1CCc2c(c3cc(F)ccc3n2CC(=O)OCC)C1. The van der Waals surface area contributed by atoms with Crippen molar-refractivity contribution in [2.24, 2.45) is 0 Å². The van der Waals surface area contributed by atoms with Gasteiger partial charge < -0.3 is 14.6 Å². The van der Waals surface area contributed by atoms with E-state index in [0.29, 0.717) is 12.6 Å². The molecule has 1 N–H and O–H groups in total. The van der Waals surface area contributed by atoms with E-state index < -0.39 is 0 Å². The second kappa shape index (κ2) is 6.71. The van der Waals surface area contributed by atoms with Gasteiger partial charge in [0.15, 0.2) is 0 Å². The van der Waals surface area contributed by atoms with Crippen molar-refractivity contribution in [2.75, 3.05) is 13.2 Å². The largest absolute Gasteiger partial charge is 0.465 e. The van der Waals surface area contributed by atoms with Crippen LogP contribution in [-0.2, 0) is 28.9 Å². The summed E-state index contributed by atoms with van der Waals surface area (Å²) >= 11 is 0. The van der Waals surface area contributed by atoms with Crippen LogP contribution in [0.5, 0.6) is 0 Å². The predicted molar refractivity (Wildman–Crippen MR) is 88.0 cm³/mol. The number of carbonyl (C=O) groups excluding carboxylic acids is 1. The second-order valence-corrected chi connectivity index (χ2v) is 5.98. The lowest BCUT2D eigenvalue weighted by Crippen LogP contribution is -2.34. The minimum Gasteiger partial charge on any atom is -0.465 e. The zero-order chi connectivity index (χ0) is 16.4. The first-order valence-corrected chi connectivity index (χ1v) is 8.32. The number of ether oxygens (including phenoxy) is 1. The molecule has 0 saturated carbocycles. The zero-order valence-electron chi connectivity index (χ0n) is 13.7. The van der Waals surface area contributed by atoms with E-state index in [1.807, 2.05) is 4.57 Å². The molecule has 0 spiro atoms. The van der Waals surface area contributed by atoms with Crippen molar-refractivity contribution in [3.63, 3.8) is 0 Å². The molecule has 0 aliphatic heterocycles. The molecule has 1 atom stereocenters. The van der Waals surface area contributed by atoms with E-state index in [9.17, 15) is 9.18 Å². The van der Waals surface area contributed by atoms with E-state index in [1.54, 1.807) is 19.1 Å². The van der Waals surface area contributed by atoms with Crippen LogP contribution < -0.4 is 5.32 Å². The number of halogens is 1. The smallest absolute Gasteiger partial charge is 0.325 e. The molecule has 5 heteroatoms. The lowest BCUT2D eigenvalue weighted by Gasteiger charge is -2.24. The summed E-state index contributed by atoms with van der Waals surface area (Å²) in [5.41, 5.74) is 3.23. The predicted octanol–water partition coefficient (Wildman–Crippen LogP) is 2.81. The Morgan fingerprint density at radius 3 is 3.00 bits per heavy atom. The molecule has 0 unspecified atom stereocenters. The van der Waals surface area contributed by atoms with Gasteiger partial charge in [0.05, 0.1) is 6.61 Å². The maximum atomic E-state index is 13.7. The Labute approximate surface area is 135 Å². The van der Waals surface area contributed by atoms with Gasteiger partial charge >= 0.3 is 5.97 Å². The van der Waals surface area contributed by atoms with Gasteiger partial charge in [0, 0.05) is 22.6 Å². The summed E-state index contributed by atoms with van der Waals surface area (Å²) in [6.45, 7) is 5.39. The van der Waals surface area contributed by atoms with E-state index in [0.717, 1.165) is 42.4 Å². The number of fused-ring (bicyclic) bond motifs is 3. The number of nitrogens with one attached hydrogen (secondary N) is 1. The van der Waals surface area contributed by atoms with Crippen molar-refractivity contribution in [2.45, 2.75) is 45.7 Å². The molecule has 0 bridgehead atoms. The van der Waals surface area contributed by atoms with Crippen molar-refractivity contribution < 1.29 is 13.9 Å². The normalized spacial score (nSPS) is 17.3. The average molecular weight is 318 g/mol. The van der Waals surface area contributed by atoms with Crippen molar-refractivity contribution in [1.82, 2.24) is 9.88 Å². The van der Waals surface area contributed by atoms with E-state index >= 15 is 0 Å². The van der Waals surface area contributed by atoms with E-state index in [2.05, 4.69) is 12.2 Å². The molecule has 1 aliphatic carbocycles. The Morgan fingerprint density at radius 1 is 1.43 bits per heavy atom. The number of hydrogen-bond donors (Lipinski definition) is 1. The Morgan fingerprint density at radius 2 is 2.26 bits per heavy atom. The molecule has 0 fully saturated rings. The molecule has 1 aromatic carbocycles. The highest BCUT2D eigenvalue weighted by Crippen LogP contribution is 2.33. The van der Waals surface area contributed by atoms with Gasteiger partial charge in [-0.2, -0.15) is 0 Å². The van der Waals surface area contributed by atoms with Crippen LogP contribution in [0, 0.1) is 5.82 Å². The summed E-state index contributed by atoms with van der Waals surface area (Å²) in [6, 6.07) is 5.23. The van der Waals surface area contributed by atoms with Crippen molar-refractivity contribution in [3.8, 4) is 0 Å². The number of nitrogens with zero attached hydrogens (tertiary/aromatic N) is 1. The number of hydrogen-bond acceptors (Lipinski definition) is 3. The minimum atomic E-state index is -0.245. The standard InChI is InChI=1S/C18H23FN2O2/c1-3-20-13-6-8-17-15(10-13)14-9-12(19)5-7-16(14)21(17)11-18(22)23-4-2/h5,7,9,13,20H,3-4,6,8,10-11H2,1-2H3/t13-/m0/s1. The first kappa shape index (κ1) is 16.0. The lowest BCUT2D eigenvalue weighted by molar-refractivity contribution is -0.143. The maximum Gasteiger partial charge on any atom is 0.325 e. The molecule has 1 aliphatic rings.